The minimum Gasteiger partial charge on any atom is -0.444 e. The summed E-state index contributed by atoms with van der Waals surface area (Å²) in [6.45, 7) is 1.15. The van der Waals surface area contributed by atoms with E-state index >= 15 is 0 Å². The topological polar surface area (TPSA) is 137 Å². The van der Waals surface area contributed by atoms with Crippen molar-refractivity contribution in [2.24, 2.45) is 0 Å². The summed E-state index contributed by atoms with van der Waals surface area (Å²) in [5, 5.41) is 22.8. The van der Waals surface area contributed by atoms with E-state index in [2.05, 4.69) is 5.32 Å². The first-order chi connectivity index (χ1) is 15.2. The maximum Gasteiger partial charge on any atom is 0.414 e. The molecule has 172 valence electrons. The van der Waals surface area contributed by atoms with Crippen molar-refractivity contribution in [2.45, 2.75) is 13.0 Å². The molecular formula is C21H27N5O6. The number of hydrogen-bond acceptors (Lipinski definition) is 8. The van der Waals surface area contributed by atoms with E-state index < -0.39 is 11.0 Å². The van der Waals surface area contributed by atoms with Crippen molar-refractivity contribution < 1.29 is 24.5 Å². The number of amides is 2. The molecule has 11 heteroatoms. The third kappa shape index (κ3) is 7.22. The number of rotatable bonds is 10. The maximum absolute atomic E-state index is 12.3. The first-order valence-electron chi connectivity index (χ1n) is 9.79. The number of benzene rings is 2. The lowest BCUT2D eigenvalue weighted by Crippen LogP contribution is -2.32. The second-order valence-corrected chi connectivity index (χ2v) is 7.33. The van der Waals surface area contributed by atoms with Gasteiger partial charge in [-0.05, 0) is 43.4 Å². The number of likely N-dealkylation sites (N-methyl/N-ethyl adjacent to an activating group) is 1. The van der Waals surface area contributed by atoms with E-state index in [0.717, 1.165) is 12.1 Å². The Morgan fingerprint density at radius 2 is 1.75 bits per heavy atom. The fourth-order valence-corrected chi connectivity index (χ4v) is 2.76. The summed E-state index contributed by atoms with van der Waals surface area (Å²) in [6, 6.07) is 11.0. The Bertz CT molecular complexity index is 948. The Morgan fingerprint density at radius 1 is 1.09 bits per heavy atom. The highest BCUT2D eigenvalue weighted by atomic mass is 16.6. The summed E-state index contributed by atoms with van der Waals surface area (Å²) < 4.78 is 5.22. The van der Waals surface area contributed by atoms with Gasteiger partial charge >= 0.3 is 6.09 Å². The summed E-state index contributed by atoms with van der Waals surface area (Å²) in [7, 11) is 5.40. The molecule has 2 amide bonds. The second-order valence-electron chi connectivity index (χ2n) is 7.33. The number of anilines is 2. The van der Waals surface area contributed by atoms with Crippen molar-refractivity contribution in [3.05, 3.63) is 63.7 Å². The molecule has 32 heavy (non-hydrogen) atoms. The predicted molar refractivity (Wildman–Crippen MR) is 119 cm³/mol. The average Bonchev–Trinajstić information content (AvgIpc) is 2.76. The van der Waals surface area contributed by atoms with Crippen molar-refractivity contribution in [3.63, 3.8) is 0 Å². The monoisotopic (exact) mass is 445 g/mol. The molecule has 0 heterocycles. The Balaban J connectivity index is 1.90. The summed E-state index contributed by atoms with van der Waals surface area (Å²) in [6.07, 6.45) is -0.412. The van der Waals surface area contributed by atoms with Crippen LogP contribution < -0.4 is 15.7 Å². The Hall–Kier alpha value is -3.70. The smallest absolute Gasteiger partial charge is 0.414 e. The van der Waals surface area contributed by atoms with Gasteiger partial charge in [0.2, 0.25) is 5.91 Å². The first kappa shape index (κ1) is 24.6. The lowest BCUT2D eigenvalue weighted by Gasteiger charge is -2.17. The van der Waals surface area contributed by atoms with E-state index in [1.165, 1.54) is 30.1 Å². The minimum absolute atomic E-state index is 0.0614. The molecule has 2 rings (SSSR count). The van der Waals surface area contributed by atoms with Gasteiger partial charge in [-0.1, -0.05) is 18.2 Å². The lowest BCUT2D eigenvalue weighted by atomic mass is 10.1. The van der Waals surface area contributed by atoms with E-state index in [-0.39, 0.29) is 30.3 Å². The zero-order chi connectivity index (χ0) is 23.7. The highest BCUT2D eigenvalue weighted by Crippen LogP contribution is 2.25. The molecule has 0 bridgehead atoms. The molecule has 0 aromatic heterocycles. The third-order valence-corrected chi connectivity index (χ3v) is 4.58. The van der Waals surface area contributed by atoms with Gasteiger partial charge in [0, 0.05) is 31.9 Å². The van der Waals surface area contributed by atoms with Crippen molar-refractivity contribution in [1.29, 1.82) is 0 Å². The molecule has 0 radical (unpaired) electrons. The molecule has 11 nitrogen and oxygen atoms in total. The van der Waals surface area contributed by atoms with Crippen molar-refractivity contribution in [1.82, 2.24) is 10.2 Å². The highest BCUT2D eigenvalue weighted by Gasteiger charge is 2.17. The molecule has 0 unspecified atom stereocenters. The summed E-state index contributed by atoms with van der Waals surface area (Å²) in [5.41, 5.74) is 3.13. The maximum atomic E-state index is 12.3. The largest absolute Gasteiger partial charge is 0.444 e. The summed E-state index contributed by atoms with van der Waals surface area (Å²) >= 11 is 0. The Kier molecular flexibility index (Phi) is 8.93. The van der Waals surface area contributed by atoms with Crippen LogP contribution in [0.1, 0.15) is 11.1 Å². The number of nitro benzene ring substituents is 1. The predicted octanol–water partition coefficient (Wildman–Crippen LogP) is 2.39. The number of nitro groups is 1. The van der Waals surface area contributed by atoms with Crippen molar-refractivity contribution >= 4 is 29.1 Å². The van der Waals surface area contributed by atoms with Crippen LogP contribution in [0.15, 0.2) is 42.5 Å². The van der Waals surface area contributed by atoms with E-state index in [9.17, 15) is 19.7 Å². The molecule has 0 saturated heterocycles. The Labute approximate surface area is 185 Å². The van der Waals surface area contributed by atoms with Crippen LogP contribution in [0.25, 0.3) is 0 Å². The van der Waals surface area contributed by atoms with Gasteiger partial charge in [-0.2, -0.15) is 0 Å². The molecule has 0 fully saturated rings. The number of ether oxygens (including phenoxy) is 1. The van der Waals surface area contributed by atoms with Gasteiger partial charge in [-0.3, -0.25) is 30.5 Å². The van der Waals surface area contributed by atoms with Crippen LogP contribution in [-0.2, 0) is 22.6 Å². The molecule has 3 N–H and O–H groups in total. The zero-order valence-electron chi connectivity index (χ0n) is 18.2. The fourth-order valence-electron chi connectivity index (χ4n) is 2.76. The molecule has 0 aliphatic heterocycles. The van der Waals surface area contributed by atoms with Crippen molar-refractivity contribution in [2.75, 3.05) is 44.6 Å². The van der Waals surface area contributed by atoms with Crippen LogP contribution in [-0.4, -0.2) is 61.3 Å². The summed E-state index contributed by atoms with van der Waals surface area (Å²) in [4.78, 5) is 38.0. The van der Waals surface area contributed by atoms with Gasteiger partial charge in [-0.25, -0.2) is 4.79 Å². The molecular weight excluding hydrogens is 418 g/mol. The third-order valence-electron chi connectivity index (χ3n) is 4.58. The normalized spacial score (nSPS) is 10.5. The number of nitrogens with zero attached hydrogens (tertiary/aromatic N) is 3. The first-order valence-corrected chi connectivity index (χ1v) is 9.79. The van der Waals surface area contributed by atoms with Crippen molar-refractivity contribution in [3.8, 4) is 0 Å². The van der Waals surface area contributed by atoms with Crippen LogP contribution in [0.2, 0.25) is 0 Å². The SMILES string of the molecule is CN(C)CCNC(=O)Cc1ccc(N(C)C(=O)OCc2ccc(NO)c([N+](=O)[O-])c2)cc1. The molecule has 2 aromatic carbocycles. The van der Waals surface area contributed by atoms with E-state index in [0.29, 0.717) is 17.8 Å². The van der Waals surface area contributed by atoms with Gasteiger partial charge in [-0.15, -0.1) is 0 Å². The number of carbonyl (C=O) groups excluding carboxylic acids is 2. The van der Waals surface area contributed by atoms with Gasteiger partial charge in [0.15, 0.2) is 0 Å². The fraction of sp³-hybridized carbons (Fsp3) is 0.333. The standard InChI is InChI=1S/C21H27N5O6/c1-24(2)11-10-22-20(27)13-15-4-7-17(8-5-15)25(3)21(28)32-14-16-6-9-18(23-29)19(12-16)26(30)31/h4-9,12,23,29H,10-11,13-14H2,1-3H3,(H,22,27). The van der Waals surface area contributed by atoms with Crippen LogP contribution >= 0.6 is 0 Å². The molecule has 0 atom stereocenters. The second kappa shape index (κ2) is 11.6. The Morgan fingerprint density at radius 3 is 2.34 bits per heavy atom. The van der Waals surface area contributed by atoms with Crippen LogP contribution in [0.3, 0.4) is 0 Å². The van der Waals surface area contributed by atoms with Gasteiger partial charge in [0.05, 0.1) is 11.3 Å². The van der Waals surface area contributed by atoms with Gasteiger partial charge < -0.3 is 15.0 Å². The molecule has 0 aliphatic rings. The number of carbonyl (C=O) groups is 2. The van der Waals surface area contributed by atoms with Crippen LogP contribution in [0.5, 0.6) is 0 Å². The van der Waals surface area contributed by atoms with E-state index in [4.69, 9.17) is 9.94 Å². The summed E-state index contributed by atoms with van der Waals surface area (Å²) in [5.74, 6) is -0.0797. The molecule has 0 aliphatic carbocycles. The van der Waals surface area contributed by atoms with E-state index in [1.54, 1.807) is 29.7 Å². The minimum atomic E-state index is -0.653. The van der Waals surface area contributed by atoms with E-state index in [1.807, 2.05) is 19.0 Å². The quantitative estimate of drug-likeness (QED) is 0.374. The number of nitrogens with one attached hydrogen (secondary N) is 2. The molecule has 0 saturated carbocycles. The lowest BCUT2D eigenvalue weighted by molar-refractivity contribution is -0.384. The molecule has 2 aromatic rings. The molecule has 0 spiro atoms. The average molecular weight is 445 g/mol. The zero-order valence-corrected chi connectivity index (χ0v) is 18.2. The number of hydrogen-bond donors (Lipinski definition) is 3. The highest BCUT2D eigenvalue weighted by molar-refractivity contribution is 5.87. The van der Waals surface area contributed by atoms with Crippen LogP contribution in [0, 0.1) is 10.1 Å². The van der Waals surface area contributed by atoms with Gasteiger partial charge in [0.1, 0.15) is 12.3 Å². The van der Waals surface area contributed by atoms with Gasteiger partial charge in [0.25, 0.3) is 5.69 Å². The van der Waals surface area contributed by atoms with Crippen LogP contribution in [0.4, 0.5) is 21.9 Å².